The Kier molecular flexibility index (Phi) is 2.88. The molecule has 0 radical (unpaired) electrons. The number of benzene rings is 1. The molecule has 78 valence electrons. The normalized spacial score (nSPS) is 9.69. The molecule has 0 saturated carbocycles. The Bertz CT molecular complexity index is 576. The van der Waals surface area contributed by atoms with Crippen LogP contribution >= 0.6 is 0 Å². The van der Waals surface area contributed by atoms with Crippen molar-refractivity contribution in [2.75, 3.05) is 0 Å². The minimum atomic E-state index is -0.0701. The average Bonchev–Trinajstić information content (AvgIpc) is 2.33. The monoisotopic (exact) mass is 209 g/mol. The van der Waals surface area contributed by atoms with E-state index in [0.29, 0.717) is 12.1 Å². The molecule has 2 heteroatoms. The van der Waals surface area contributed by atoms with Gasteiger partial charge in [0, 0.05) is 17.8 Å². The Morgan fingerprint density at radius 2 is 1.94 bits per heavy atom. The molecule has 2 rings (SSSR count). The van der Waals surface area contributed by atoms with Gasteiger partial charge in [-0.05, 0) is 11.6 Å². The van der Waals surface area contributed by atoms with E-state index in [0.717, 1.165) is 5.56 Å². The minimum absolute atomic E-state index is 0.0701. The van der Waals surface area contributed by atoms with E-state index in [1.165, 1.54) is 6.07 Å². The quantitative estimate of drug-likeness (QED) is 0.692. The number of pyridine rings is 1. The molecule has 0 saturated heterocycles. The summed E-state index contributed by atoms with van der Waals surface area (Å²) in [5.74, 6) is 2.45. The van der Waals surface area contributed by atoms with Gasteiger partial charge in [-0.2, -0.15) is 0 Å². The van der Waals surface area contributed by atoms with E-state index in [9.17, 15) is 4.79 Å². The molecule has 0 N–H and O–H groups in total. The number of hydrogen-bond acceptors (Lipinski definition) is 1. The summed E-state index contributed by atoms with van der Waals surface area (Å²) in [4.78, 5) is 11.7. The van der Waals surface area contributed by atoms with Crippen molar-refractivity contribution in [2.24, 2.45) is 0 Å². The van der Waals surface area contributed by atoms with Crippen LogP contribution in [0.4, 0.5) is 0 Å². The summed E-state index contributed by atoms with van der Waals surface area (Å²) in [5, 5.41) is 0. The van der Waals surface area contributed by atoms with Gasteiger partial charge in [0.2, 0.25) is 0 Å². The molecule has 0 atom stereocenters. The highest BCUT2D eigenvalue weighted by Crippen LogP contribution is 2.01. The molecule has 1 aromatic carbocycles. The highest BCUT2D eigenvalue weighted by atomic mass is 16.1. The Morgan fingerprint density at radius 1 is 1.19 bits per heavy atom. The fourth-order valence-corrected chi connectivity index (χ4v) is 1.51. The lowest BCUT2D eigenvalue weighted by atomic mass is 10.2. The van der Waals surface area contributed by atoms with E-state index in [1.807, 2.05) is 30.3 Å². The summed E-state index contributed by atoms with van der Waals surface area (Å²) in [6.07, 6.45) is 6.95. The van der Waals surface area contributed by atoms with Crippen molar-refractivity contribution >= 4 is 0 Å². The Hall–Kier alpha value is -2.27. The van der Waals surface area contributed by atoms with Crippen LogP contribution in [-0.2, 0) is 6.54 Å². The van der Waals surface area contributed by atoms with E-state index in [4.69, 9.17) is 6.42 Å². The predicted molar refractivity (Wildman–Crippen MR) is 64.2 cm³/mol. The van der Waals surface area contributed by atoms with Crippen molar-refractivity contribution in [1.29, 1.82) is 0 Å². The maximum Gasteiger partial charge on any atom is 0.252 e. The van der Waals surface area contributed by atoms with Gasteiger partial charge in [-0.1, -0.05) is 36.3 Å². The van der Waals surface area contributed by atoms with Crippen LogP contribution in [0, 0.1) is 12.3 Å². The van der Waals surface area contributed by atoms with Crippen LogP contribution in [-0.4, -0.2) is 4.57 Å². The van der Waals surface area contributed by atoms with Gasteiger partial charge in [0.05, 0.1) is 6.54 Å². The lowest BCUT2D eigenvalue weighted by Crippen LogP contribution is -2.19. The van der Waals surface area contributed by atoms with Crippen LogP contribution in [0.15, 0.2) is 53.5 Å². The summed E-state index contributed by atoms with van der Waals surface area (Å²) in [6.45, 7) is 0.574. The molecule has 1 aromatic heterocycles. The van der Waals surface area contributed by atoms with Gasteiger partial charge in [-0.25, -0.2) is 0 Å². The van der Waals surface area contributed by atoms with Gasteiger partial charge in [-0.3, -0.25) is 4.79 Å². The lowest BCUT2D eigenvalue weighted by Gasteiger charge is -2.05. The van der Waals surface area contributed by atoms with Crippen LogP contribution in [0.25, 0.3) is 0 Å². The molecule has 2 nitrogen and oxygen atoms in total. The minimum Gasteiger partial charge on any atom is -0.311 e. The summed E-state index contributed by atoms with van der Waals surface area (Å²) >= 11 is 0. The summed E-state index contributed by atoms with van der Waals surface area (Å²) < 4.78 is 1.64. The molecule has 0 bridgehead atoms. The zero-order chi connectivity index (χ0) is 11.4. The van der Waals surface area contributed by atoms with E-state index < -0.39 is 0 Å². The van der Waals surface area contributed by atoms with Crippen molar-refractivity contribution in [1.82, 2.24) is 4.57 Å². The molecular weight excluding hydrogens is 198 g/mol. The van der Waals surface area contributed by atoms with Crippen molar-refractivity contribution in [3.63, 3.8) is 0 Å². The molecular formula is C14H11NO. The van der Waals surface area contributed by atoms with Crippen molar-refractivity contribution in [3.05, 3.63) is 70.1 Å². The molecule has 1 heterocycles. The second kappa shape index (κ2) is 4.50. The number of nitrogens with zero attached hydrogens (tertiary/aromatic N) is 1. The van der Waals surface area contributed by atoms with Crippen LogP contribution < -0.4 is 5.56 Å². The molecule has 0 amide bonds. The lowest BCUT2D eigenvalue weighted by molar-refractivity contribution is 0.759. The van der Waals surface area contributed by atoms with Gasteiger partial charge in [0.25, 0.3) is 5.56 Å². The highest BCUT2D eigenvalue weighted by Gasteiger charge is 1.97. The van der Waals surface area contributed by atoms with Crippen LogP contribution in [0.1, 0.15) is 11.1 Å². The Balaban J connectivity index is 2.30. The maximum atomic E-state index is 11.7. The smallest absolute Gasteiger partial charge is 0.252 e. The zero-order valence-electron chi connectivity index (χ0n) is 8.76. The third-order valence-corrected chi connectivity index (χ3v) is 2.36. The van der Waals surface area contributed by atoms with Crippen molar-refractivity contribution < 1.29 is 0 Å². The van der Waals surface area contributed by atoms with Gasteiger partial charge in [-0.15, -0.1) is 6.42 Å². The van der Waals surface area contributed by atoms with Crippen molar-refractivity contribution in [3.8, 4) is 12.3 Å². The second-order valence-electron chi connectivity index (χ2n) is 3.51. The van der Waals surface area contributed by atoms with Crippen LogP contribution in [0.3, 0.4) is 0 Å². The van der Waals surface area contributed by atoms with Gasteiger partial charge in [0.1, 0.15) is 0 Å². The predicted octanol–water partition coefficient (Wildman–Crippen LogP) is 1.88. The SMILES string of the molecule is C#Cc1ccn(Cc2ccccc2)c(=O)c1. The average molecular weight is 209 g/mol. The first-order valence-corrected chi connectivity index (χ1v) is 5.00. The van der Waals surface area contributed by atoms with E-state index >= 15 is 0 Å². The zero-order valence-corrected chi connectivity index (χ0v) is 8.76. The third-order valence-electron chi connectivity index (χ3n) is 2.36. The molecule has 0 aliphatic heterocycles. The highest BCUT2D eigenvalue weighted by molar-refractivity contribution is 5.29. The Labute approximate surface area is 94.2 Å². The van der Waals surface area contributed by atoms with Gasteiger partial charge in [0.15, 0.2) is 0 Å². The van der Waals surface area contributed by atoms with Crippen molar-refractivity contribution in [2.45, 2.75) is 6.54 Å². The van der Waals surface area contributed by atoms with Crippen LogP contribution in [0.2, 0.25) is 0 Å². The van der Waals surface area contributed by atoms with Gasteiger partial charge >= 0.3 is 0 Å². The molecule has 0 spiro atoms. The molecule has 0 aliphatic rings. The largest absolute Gasteiger partial charge is 0.311 e. The van der Waals surface area contributed by atoms with E-state index in [-0.39, 0.29) is 5.56 Å². The molecule has 0 fully saturated rings. The first-order valence-electron chi connectivity index (χ1n) is 5.00. The first-order chi connectivity index (χ1) is 7.79. The standard InChI is InChI=1S/C14H11NO/c1-2-12-8-9-15(14(16)10-12)11-13-6-4-3-5-7-13/h1,3-10H,11H2. The second-order valence-corrected chi connectivity index (χ2v) is 3.51. The van der Waals surface area contributed by atoms with E-state index in [1.54, 1.807) is 16.8 Å². The third kappa shape index (κ3) is 2.21. The molecule has 0 unspecified atom stereocenters. The summed E-state index contributed by atoms with van der Waals surface area (Å²) in [5.41, 5.74) is 1.65. The molecule has 16 heavy (non-hydrogen) atoms. The number of rotatable bonds is 2. The van der Waals surface area contributed by atoms with E-state index in [2.05, 4.69) is 5.92 Å². The topological polar surface area (TPSA) is 22.0 Å². The van der Waals surface area contributed by atoms with Gasteiger partial charge < -0.3 is 4.57 Å². The summed E-state index contributed by atoms with van der Waals surface area (Å²) in [6, 6.07) is 13.1. The summed E-state index contributed by atoms with van der Waals surface area (Å²) in [7, 11) is 0. The maximum absolute atomic E-state index is 11.7. The fraction of sp³-hybridized carbons (Fsp3) is 0.0714. The number of hydrogen-bond donors (Lipinski definition) is 0. The Morgan fingerprint density at radius 3 is 2.56 bits per heavy atom. The molecule has 2 aromatic rings. The first kappa shape index (κ1) is 10.3. The number of terminal acetylenes is 1. The molecule has 0 aliphatic carbocycles. The number of aromatic nitrogens is 1. The van der Waals surface area contributed by atoms with Crippen LogP contribution in [0.5, 0.6) is 0 Å². The fourth-order valence-electron chi connectivity index (χ4n) is 1.51.